The molecule has 0 aliphatic carbocycles. The quantitative estimate of drug-likeness (QED) is 0.466. The highest BCUT2D eigenvalue weighted by molar-refractivity contribution is 7.10. The van der Waals surface area contributed by atoms with Crippen molar-refractivity contribution >= 4 is 23.2 Å². The number of aryl methyl sites for hydroxylation is 2. The van der Waals surface area contributed by atoms with Crippen LogP contribution in [0.15, 0.2) is 60.0 Å². The Kier molecular flexibility index (Phi) is 7.80. The van der Waals surface area contributed by atoms with Gasteiger partial charge in [-0.25, -0.2) is 0 Å². The van der Waals surface area contributed by atoms with Gasteiger partial charge in [0.05, 0.1) is 12.6 Å². The molecule has 0 fully saturated rings. The number of amides is 2. The minimum Gasteiger partial charge on any atom is -0.383 e. The molecule has 2 aromatic carbocycles. The second-order valence-electron chi connectivity index (χ2n) is 8.72. The number of nitrogens with zero attached hydrogens (tertiary/aromatic N) is 2. The zero-order chi connectivity index (χ0) is 24.1. The summed E-state index contributed by atoms with van der Waals surface area (Å²) < 4.78 is 5.24. The van der Waals surface area contributed by atoms with Gasteiger partial charge in [-0.1, -0.05) is 48.9 Å². The van der Waals surface area contributed by atoms with Crippen molar-refractivity contribution in [2.45, 2.75) is 32.7 Å². The van der Waals surface area contributed by atoms with Crippen LogP contribution in [0.25, 0.3) is 0 Å². The standard InChI is InChI=1S/C28H32N2O3S/c1-4-21-7-11-23(12-8-21)28(32)29(16-17-33-3)19-26(31)30-15-13-25-24(14-18-34-25)27(30)22-9-5-20(2)6-10-22/h5-12,14,18,27H,4,13,15-17,19H2,1-3H3. The summed E-state index contributed by atoms with van der Waals surface area (Å²) in [6, 6.07) is 18.0. The monoisotopic (exact) mass is 476 g/mol. The number of hydrogen-bond acceptors (Lipinski definition) is 4. The van der Waals surface area contributed by atoms with Gasteiger partial charge >= 0.3 is 0 Å². The molecule has 2 amide bonds. The van der Waals surface area contributed by atoms with Gasteiger partial charge in [0, 0.05) is 30.6 Å². The van der Waals surface area contributed by atoms with Crippen LogP contribution in [-0.2, 0) is 22.4 Å². The van der Waals surface area contributed by atoms with Gasteiger partial charge in [0.1, 0.15) is 6.54 Å². The fourth-order valence-electron chi connectivity index (χ4n) is 4.47. The lowest BCUT2D eigenvalue weighted by Crippen LogP contribution is -2.47. The van der Waals surface area contributed by atoms with E-state index in [9.17, 15) is 9.59 Å². The molecule has 34 heavy (non-hydrogen) atoms. The van der Waals surface area contributed by atoms with E-state index in [0.717, 1.165) is 18.4 Å². The van der Waals surface area contributed by atoms with Crippen molar-refractivity contribution in [2.75, 3.05) is 33.4 Å². The van der Waals surface area contributed by atoms with Crippen LogP contribution in [0, 0.1) is 6.92 Å². The number of benzene rings is 2. The Morgan fingerprint density at radius 1 is 1.09 bits per heavy atom. The maximum absolute atomic E-state index is 13.7. The summed E-state index contributed by atoms with van der Waals surface area (Å²) in [6.07, 6.45) is 1.76. The number of hydrogen-bond donors (Lipinski definition) is 0. The van der Waals surface area contributed by atoms with Crippen LogP contribution in [0.3, 0.4) is 0 Å². The lowest BCUT2D eigenvalue weighted by Gasteiger charge is -2.37. The molecule has 0 bridgehead atoms. The molecule has 1 aliphatic heterocycles. The third kappa shape index (κ3) is 5.24. The van der Waals surface area contributed by atoms with Crippen molar-refractivity contribution in [2.24, 2.45) is 0 Å². The average molecular weight is 477 g/mol. The van der Waals surface area contributed by atoms with Crippen molar-refractivity contribution < 1.29 is 14.3 Å². The molecule has 0 N–H and O–H groups in total. The molecule has 1 aliphatic rings. The van der Waals surface area contributed by atoms with Crippen molar-refractivity contribution in [1.29, 1.82) is 0 Å². The third-order valence-electron chi connectivity index (χ3n) is 6.47. The second kappa shape index (κ2) is 11.0. The van der Waals surface area contributed by atoms with E-state index in [1.54, 1.807) is 23.3 Å². The first-order valence-electron chi connectivity index (χ1n) is 11.8. The third-order valence-corrected chi connectivity index (χ3v) is 7.46. The van der Waals surface area contributed by atoms with Crippen LogP contribution >= 0.6 is 11.3 Å². The number of ether oxygens (including phenoxy) is 1. The van der Waals surface area contributed by atoms with Crippen molar-refractivity contribution in [1.82, 2.24) is 9.80 Å². The molecule has 0 saturated heterocycles. The van der Waals surface area contributed by atoms with E-state index >= 15 is 0 Å². The summed E-state index contributed by atoms with van der Waals surface area (Å²) in [6.45, 7) is 5.56. The molecule has 0 radical (unpaired) electrons. The van der Waals surface area contributed by atoms with Crippen molar-refractivity contribution in [3.05, 3.63) is 92.7 Å². The van der Waals surface area contributed by atoms with E-state index in [2.05, 4.69) is 49.6 Å². The SMILES string of the molecule is CCc1ccc(C(=O)N(CCOC)CC(=O)N2CCc3sccc3C2c2ccc(C)cc2)cc1. The first kappa shape index (κ1) is 24.2. The van der Waals surface area contributed by atoms with Crippen LogP contribution in [-0.4, -0.2) is 55.0 Å². The van der Waals surface area contributed by atoms with Crippen LogP contribution in [0.1, 0.15) is 50.5 Å². The van der Waals surface area contributed by atoms with Crippen molar-refractivity contribution in [3.8, 4) is 0 Å². The summed E-state index contributed by atoms with van der Waals surface area (Å²) in [5.41, 5.74) is 5.25. The summed E-state index contributed by atoms with van der Waals surface area (Å²) in [7, 11) is 1.61. The zero-order valence-electron chi connectivity index (χ0n) is 20.1. The molecule has 0 spiro atoms. The Balaban J connectivity index is 1.59. The molecular weight excluding hydrogens is 444 g/mol. The molecule has 2 heterocycles. The predicted octanol–water partition coefficient (Wildman–Crippen LogP) is 4.88. The Morgan fingerprint density at radius 2 is 1.82 bits per heavy atom. The number of fused-ring (bicyclic) bond motifs is 1. The minimum atomic E-state index is -0.145. The zero-order valence-corrected chi connectivity index (χ0v) is 20.9. The molecule has 1 unspecified atom stereocenters. The van der Waals surface area contributed by atoms with Crippen LogP contribution in [0.2, 0.25) is 0 Å². The molecule has 5 nitrogen and oxygen atoms in total. The Bertz CT molecular complexity index is 1120. The predicted molar refractivity (Wildman–Crippen MR) is 136 cm³/mol. The normalized spacial score (nSPS) is 15.1. The van der Waals surface area contributed by atoms with E-state index in [4.69, 9.17) is 4.74 Å². The van der Waals surface area contributed by atoms with Gasteiger partial charge in [-0.15, -0.1) is 11.3 Å². The minimum absolute atomic E-state index is 0.0273. The summed E-state index contributed by atoms with van der Waals surface area (Å²) in [5.74, 6) is -0.190. The average Bonchev–Trinajstić information content (AvgIpc) is 3.35. The van der Waals surface area contributed by atoms with E-state index in [0.29, 0.717) is 25.3 Å². The first-order chi connectivity index (χ1) is 16.5. The van der Waals surface area contributed by atoms with Gasteiger partial charge in [-0.05, 0) is 60.0 Å². The molecule has 3 aromatic rings. The Labute approximate surface area is 206 Å². The van der Waals surface area contributed by atoms with Gasteiger partial charge < -0.3 is 14.5 Å². The van der Waals surface area contributed by atoms with Gasteiger partial charge in [-0.2, -0.15) is 0 Å². The number of methoxy groups -OCH3 is 1. The summed E-state index contributed by atoms with van der Waals surface area (Å²) >= 11 is 1.75. The van der Waals surface area contributed by atoms with Gasteiger partial charge in [-0.3, -0.25) is 9.59 Å². The van der Waals surface area contributed by atoms with Crippen molar-refractivity contribution in [3.63, 3.8) is 0 Å². The van der Waals surface area contributed by atoms with Crippen LogP contribution in [0.4, 0.5) is 0 Å². The molecule has 0 saturated carbocycles. The molecule has 1 atom stereocenters. The van der Waals surface area contributed by atoms with E-state index in [1.807, 2.05) is 29.2 Å². The fraction of sp³-hybridized carbons (Fsp3) is 0.357. The summed E-state index contributed by atoms with van der Waals surface area (Å²) in [4.78, 5) is 31.9. The molecular formula is C28H32N2O3S. The Hall–Kier alpha value is -2.96. The van der Waals surface area contributed by atoms with E-state index < -0.39 is 0 Å². The Morgan fingerprint density at radius 3 is 2.50 bits per heavy atom. The second-order valence-corrected chi connectivity index (χ2v) is 9.72. The summed E-state index contributed by atoms with van der Waals surface area (Å²) in [5, 5.41) is 2.11. The molecule has 4 rings (SSSR count). The molecule has 1 aromatic heterocycles. The maximum Gasteiger partial charge on any atom is 0.254 e. The smallest absolute Gasteiger partial charge is 0.254 e. The van der Waals surface area contributed by atoms with Crippen LogP contribution in [0.5, 0.6) is 0 Å². The van der Waals surface area contributed by atoms with Gasteiger partial charge in [0.15, 0.2) is 0 Å². The molecule has 178 valence electrons. The van der Waals surface area contributed by atoms with Crippen LogP contribution < -0.4 is 0 Å². The number of thiophene rings is 1. The van der Waals surface area contributed by atoms with E-state index in [1.165, 1.54) is 21.6 Å². The van der Waals surface area contributed by atoms with E-state index in [-0.39, 0.29) is 24.4 Å². The number of carbonyl (C=O) groups excluding carboxylic acids is 2. The highest BCUT2D eigenvalue weighted by Gasteiger charge is 2.34. The fourth-order valence-corrected chi connectivity index (χ4v) is 5.37. The molecule has 6 heteroatoms. The van der Waals surface area contributed by atoms with Gasteiger partial charge in [0.2, 0.25) is 5.91 Å². The lowest BCUT2D eigenvalue weighted by molar-refractivity contribution is -0.134. The number of rotatable bonds is 8. The van der Waals surface area contributed by atoms with Gasteiger partial charge in [0.25, 0.3) is 5.91 Å². The lowest BCUT2D eigenvalue weighted by atomic mass is 9.92. The highest BCUT2D eigenvalue weighted by atomic mass is 32.1. The maximum atomic E-state index is 13.7. The number of carbonyl (C=O) groups is 2. The highest BCUT2D eigenvalue weighted by Crippen LogP contribution is 2.38. The topological polar surface area (TPSA) is 49.9 Å². The first-order valence-corrected chi connectivity index (χ1v) is 12.7. The largest absolute Gasteiger partial charge is 0.383 e.